The molecule has 2 aromatic rings. The second-order valence-corrected chi connectivity index (χ2v) is 4.13. The highest BCUT2D eigenvalue weighted by Crippen LogP contribution is 2.29. The van der Waals surface area contributed by atoms with E-state index >= 15 is 0 Å². The number of thiol groups is 1. The SMILES string of the molecule is O=C(c1ccccc1)N(S)c1ccccc1[N+](=O)[O-]. The maximum Gasteiger partial charge on any atom is 0.293 e. The van der Waals surface area contributed by atoms with Crippen LogP contribution in [0.1, 0.15) is 10.4 Å². The highest BCUT2D eigenvalue weighted by Gasteiger charge is 2.22. The maximum absolute atomic E-state index is 12.1. The highest BCUT2D eigenvalue weighted by atomic mass is 32.1. The quantitative estimate of drug-likeness (QED) is 0.531. The molecule has 0 unspecified atom stereocenters. The summed E-state index contributed by atoms with van der Waals surface area (Å²) in [7, 11) is 0. The molecule has 0 saturated carbocycles. The number of anilines is 1. The zero-order chi connectivity index (χ0) is 13.8. The Morgan fingerprint density at radius 2 is 1.63 bits per heavy atom. The molecule has 6 heteroatoms. The third kappa shape index (κ3) is 2.74. The number of nitro groups is 1. The molecule has 0 heterocycles. The summed E-state index contributed by atoms with van der Waals surface area (Å²) in [5.74, 6) is -0.418. The number of para-hydroxylation sites is 2. The van der Waals surface area contributed by atoms with Gasteiger partial charge in [-0.2, -0.15) is 0 Å². The maximum atomic E-state index is 12.1. The van der Waals surface area contributed by atoms with Gasteiger partial charge in [-0.1, -0.05) is 43.1 Å². The van der Waals surface area contributed by atoms with Crippen molar-refractivity contribution in [3.8, 4) is 0 Å². The van der Waals surface area contributed by atoms with Gasteiger partial charge in [-0.05, 0) is 18.2 Å². The molecule has 0 spiro atoms. The van der Waals surface area contributed by atoms with Crippen molar-refractivity contribution in [3.05, 3.63) is 70.3 Å². The first-order chi connectivity index (χ1) is 9.11. The van der Waals surface area contributed by atoms with Crippen LogP contribution in [0.15, 0.2) is 54.6 Å². The lowest BCUT2D eigenvalue weighted by Gasteiger charge is -2.15. The average molecular weight is 274 g/mol. The Bertz CT molecular complexity index is 616. The second-order valence-electron chi connectivity index (χ2n) is 3.73. The molecule has 0 aliphatic heterocycles. The normalized spacial score (nSPS) is 9.95. The lowest BCUT2D eigenvalue weighted by atomic mass is 10.2. The fourth-order valence-electron chi connectivity index (χ4n) is 1.61. The monoisotopic (exact) mass is 274 g/mol. The molecule has 19 heavy (non-hydrogen) atoms. The van der Waals surface area contributed by atoms with Gasteiger partial charge in [-0.25, -0.2) is 4.31 Å². The molecule has 0 saturated heterocycles. The minimum atomic E-state index is -0.545. The Labute approximate surface area is 115 Å². The number of hydrogen-bond donors (Lipinski definition) is 1. The molecule has 0 aromatic heterocycles. The number of carbonyl (C=O) groups is 1. The third-order valence-electron chi connectivity index (χ3n) is 2.52. The summed E-state index contributed by atoms with van der Waals surface area (Å²) in [5.41, 5.74) is 0.391. The summed E-state index contributed by atoms with van der Waals surface area (Å²) < 4.78 is 0.980. The molecule has 5 nitrogen and oxygen atoms in total. The Kier molecular flexibility index (Phi) is 3.82. The van der Waals surface area contributed by atoms with Crippen LogP contribution in [0.4, 0.5) is 11.4 Å². The molecule has 1 amide bonds. The van der Waals surface area contributed by atoms with Gasteiger partial charge in [0.25, 0.3) is 11.6 Å². The smallest absolute Gasteiger partial charge is 0.268 e. The molecule has 2 rings (SSSR count). The summed E-state index contributed by atoms with van der Waals surface area (Å²) in [5, 5.41) is 10.9. The van der Waals surface area contributed by atoms with Gasteiger partial charge in [0.2, 0.25) is 0 Å². The number of amides is 1. The standard InChI is InChI=1S/C13H10N2O3S/c16-13(10-6-2-1-3-7-10)14(19)11-8-4-5-9-12(11)15(17)18/h1-9,19H. The van der Waals surface area contributed by atoms with E-state index in [9.17, 15) is 14.9 Å². The van der Waals surface area contributed by atoms with Crippen molar-refractivity contribution >= 4 is 30.1 Å². The Balaban J connectivity index is 2.38. The zero-order valence-electron chi connectivity index (χ0n) is 9.76. The highest BCUT2D eigenvalue weighted by molar-refractivity contribution is 7.82. The lowest BCUT2D eigenvalue weighted by Crippen LogP contribution is -2.21. The molecular weight excluding hydrogens is 264 g/mol. The Hall–Kier alpha value is -2.34. The number of hydrogen-bond acceptors (Lipinski definition) is 4. The molecule has 0 N–H and O–H groups in total. The average Bonchev–Trinajstić information content (AvgIpc) is 2.46. The minimum absolute atomic E-state index is 0.143. The molecule has 0 aliphatic carbocycles. The number of nitro benzene ring substituents is 1. The molecule has 2 aromatic carbocycles. The van der Waals surface area contributed by atoms with Crippen LogP contribution in [-0.2, 0) is 0 Å². The first kappa shape index (κ1) is 13.1. The van der Waals surface area contributed by atoms with E-state index in [1.165, 1.54) is 18.2 Å². The summed E-state index contributed by atoms with van der Waals surface area (Å²) in [4.78, 5) is 22.5. The molecule has 0 fully saturated rings. The van der Waals surface area contributed by atoms with E-state index in [2.05, 4.69) is 12.8 Å². The first-order valence-electron chi connectivity index (χ1n) is 5.43. The van der Waals surface area contributed by atoms with Gasteiger partial charge in [0, 0.05) is 11.6 Å². The Morgan fingerprint density at radius 3 is 2.26 bits per heavy atom. The lowest BCUT2D eigenvalue weighted by molar-refractivity contribution is -0.384. The Morgan fingerprint density at radius 1 is 1.05 bits per heavy atom. The second kappa shape index (κ2) is 5.53. The fraction of sp³-hybridized carbons (Fsp3) is 0. The predicted octanol–water partition coefficient (Wildman–Crippen LogP) is 3.09. The molecule has 0 bridgehead atoms. The van der Waals surface area contributed by atoms with Crippen LogP contribution in [0.25, 0.3) is 0 Å². The van der Waals surface area contributed by atoms with Gasteiger partial charge in [0.05, 0.1) is 4.92 Å². The number of nitrogens with zero attached hydrogens (tertiary/aromatic N) is 2. The van der Waals surface area contributed by atoms with Gasteiger partial charge < -0.3 is 0 Å². The molecule has 96 valence electrons. The van der Waals surface area contributed by atoms with E-state index in [0.717, 1.165) is 4.31 Å². The minimum Gasteiger partial charge on any atom is -0.268 e. The van der Waals surface area contributed by atoms with Crippen LogP contribution in [0.2, 0.25) is 0 Å². The first-order valence-corrected chi connectivity index (χ1v) is 5.83. The van der Waals surface area contributed by atoms with Gasteiger partial charge in [-0.3, -0.25) is 14.9 Å². The van der Waals surface area contributed by atoms with Crippen molar-refractivity contribution in [1.82, 2.24) is 0 Å². The topological polar surface area (TPSA) is 63.5 Å². The van der Waals surface area contributed by atoms with Crippen molar-refractivity contribution in [3.63, 3.8) is 0 Å². The van der Waals surface area contributed by atoms with E-state index < -0.39 is 10.8 Å². The van der Waals surface area contributed by atoms with E-state index in [4.69, 9.17) is 0 Å². The van der Waals surface area contributed by atoms with Crippen LogP contribution in [-0.4, -0.2) is 10.8 Å². The fourth-order valence-corrected chi connectivity index (χ4v) is 1.89. The molecule has 0 aliphatic rings. The van der Waals surface area contributed by atoms with Crippen molar-refractivity contribution in [2.24, 2.45) is 0 Å². The van der Waals surface area contributed by atoms with Crippen LogP contribution < -0.4 is 4.31 Å². The summed E-state index contributed by atoms with van der Waals surface area (Å²) in [6, 6.07) is 14.4. The third-order valence-corrected chi connectivity index (χ3v) is 2.92. The summed E-state index contributed by atoms with van der Waals surface area (Å²) in [6.45, 7) is 0. The zero-order valence-corrected chi connectivity index (χ0v) is 10.7. The van der Waals surface area contributed by atoms with Gasteiger partial charge in [-0.15, -0.1) is 0 Å². The van der Waals surface area contributed by atoms with Crippen LogP contribution in [0.5, 0.6) is 0 Å². The van der Waals surface area contributed by atoms with Crippen LogP contribution in [0, 0.1) is 10.1 Å². The van der Waals surface area contributed by atoms with Crippen molar-refractivity contribution in [2.45, 2.75) is 0 Å². The largest absolute Gasteiger partial charge is 0.293 e. The number of benzene rings is 2. The number of carbonyl (C=O) groups excluding carboxylic acids is 1. The van der Waals surface area contributed by atoms with E-state index in [0.29, 0.717) is 5.56 Å². The summed E-state index contributed by atoms with van der Waals surface area (Å²) in [6.07, 6.45) is 0. The summed E-state index contributed by atoms with van der Waals surface area (Å²) >= 11 is 4.07. The van der Waals surface area contributed by atoms with Crippen LogP contribution in [0.3, 0.4) is 0 Å². The van der Waals surface area contributed by atoms with Crippen LogP contribution >= 0.6 is 12.8 Å². The van der Waals surface area contributed by atoms with E-state index in [1.54, 1.807) is 36.4 Å². The molecule has 0 atom stereocenters. The van der Waals surface area contributed by atoms with Crippen molar-refractivity contribution < 1.29 is 9.72 Å². The number of rotatable bonds is 3. The molecular formula is C13H10N2O3S. The van der Waals surface area contributed by atoms with Crippen molar-refractivity contribution in [1.29, 1.82) is 0 Å². The van der Waals surface area contributed by atoms with E-state index in [1.807, 2.05) is 0 Å². The van der Waals surface area contributed by atoms with E-state index in [-0.39, 0.29) is 11.4 Å². The van der Waals surface area contributed by atoms with Gasteiger partial charge in [0.1, 0.15) is 5.69 Å². The predicted molar refractivity (Wildman–Crippen MR) is 75.3 cm³/mol. The van der Waals surface area contributed by atoms with Gasteiger partial charge >= 0.3 is 0 Å². The molecule has 0 radical (unpaired) electrons. The van der Waals surface area contributed by atoms with Crippen molar-refractivity contribution in [2.75, 3.05) is 4.31 Å². The van der Waals surface area contributed by atoms with Gasteiger partial charge in [0.15, 0.2) is 0 Å².